The first-order valence-electron chi connectivity index (χ1n) is 12.0. The number of fused-ring (bicyclic) bond motifs is 2. The summed E-state index contributed by atoms with van der Waals surface area (Å²) >= 11 is 0. The maximum Gasteiger partial charge on any atom is 0.271 e. The van der Waals surface area contributed by atoms with Gasteiger partial charge in [-0.3, -0.25) is 9.59 Å². The lowest BCUT2D eigenvalue weighted by atomic mass is 9.98. The first-order valence-corrected chi connectivity index (χ1v) is 12.0. The van der Waals surface area contributed by atoms with Gasteiger partial charge < -0.3 is 19.5 Å². The molecule has 7 nitrogen and oxygen atoms in total. The number of ether oxygens (including phenoxy) is 1. The largest absolute Gasteiger partial charge is 0.494 e. The lowest BCUT2D eigenvalue weighted by molar-refractivity contribution is -0.118. The highest BCUT2D eigenvalue weighted by Gasteiger charge is 2.32. The van der Waals surface area contributed by atoms with E-state index < -0.39 is 11.9 Å². The number of carbonyl (C=O) groups excluding carboxylic acids is 2. The number of hydrogen-bond acceptors (Lipinski definition) is 5. The van der Waals surface area contributed by atoms with E-state index in [-0.39, 0.29) is 23.9 Å². The Bertz CT molecular complexity index is 1290. The van der Waals surface area contributed by atoms with E-state index in [1.54, 1.807) is 11.0 Å². The minimum Gasteiger partial charge on any atom is -0.494 e. The molecule has 3 aromatic rings. The first kappa shape index (κ1) is 23.1. The van der Waals surface area contributed by atoms with Crippen LogP contribution in [0.4, 0.5) is 10.2 Å². The number of pyridine rings is 1. The van der Waals surface area contributed by atoms with Gasteiger partial charge in [0.1, 0.15) is 17.3 Å². The Morgan fingerprint density at radius 3 is 2.86 bits per heavy atom. The standard InChI is InChI=1S/C27H29FN4O3/c1-17(33)12-23(20-6-8-25(35-2)22(28)15-20)32-11-10-31-16-18(14-24(31)27(32)34)13-21-7-5-19-4-3-9-29-26(19)30-21/h5-8,14-16,23H,3-4,9-13H2,1-2H3,(H,29,30)/t23-/m0/s1. The number of methoxy groups -OCH3 is 1. The van der Waals surface area contributed by atoms with Gasteiger partial charge in [0.05, 0.1) is 13.2 Å². The molecule has 8 heteroatoms. The number of Topliss-reactive ketones (excluding diaryl/α,β-unsaturated/α-hetero) is 1. The number of benzene rings is 1. The summed E-state index contributed by atoms with van der Waals surface area (Å²) < 4.78 is 21.4. The predicted molar refractivity (Wildman–Crippen MR) is 130 cm³/mol. The van der Waals surface area contributed by atoms with Gasteiger partial charge in [-0.05, 0) is 60.7 Å². The number of amides is 1. The van der Waals surface area contributed by atoms with E-state index in [0.717, 1.165) is 36.5 Å². The Morgan fingerprint density at radius 2 is 2.09 bits per heavy atom. The molecule has 2 aliphatic rings. The molecule has 1 atom stereocenters. The fourth-order valence-corrected chi connectivity index (χ4v) is 5.04. The zero-order valence-corrected chi connectivity index (χ0v) is 20.0. The summed E-state index contributed by atoms with van der Waals surface area (Å²) in [4.78, 5) is 32.1. The van der Waals surface area contributed by atoms with E-state index in [0.29, 0.717) is 30.8 Å². The van der Waals surface area contributed by atoms with Crippen LogP contribution < -0.4 is 10.1 Å². The molecule has 0 saturated carbocycles. The fourth-order valence-electron chi connectivity index (χ4n) is 5.04. The molecule has 0 unspecified atom stereocenters. The molecular formula is C27H29FN4O3. The van der Waals surface area contributed by atoms with Crippen LogP contribution in [-0.2, 0) is 24.2 Å². The third-order valence-electron chi connectivity index (χ3n) is 6.77. The van der Waals surface area contributed by atoms with Gasteiger partial charge in [-0.1, -0.05) is 12.1 Å². The topological polar surface area (TPSA) is 76.5 Å². The number of aromatic nitrogens is 2. The molecule has 4 heterocycles. The molecule has 0 saturated heterocycles. The number of nitrogens with zero attached hydrogens (tertiary/aromatic N) is 3. The van der Waals surface area contributed by atoms with Crippen molar-refractivity contribution >= 4 is 17.5 Å². The van der Waals surface area contributed by atoms with Crippen LogP contribution in [0.3, 0.4) is 0 Å². The number of halogens is 1. The number of aryl methyl sites for hydroxylation is 1. The quantitative estimate of drug-likeness (QED) is 0.554. The summed E-state index contributed by atoms with van der Waals surface area (Å²) in [6.07, 6.45) is 4.92. The van der Waals surface area contributed by atoms with Crippen molar-refractivity contribution in [2.45, 2.75) is 45.2 Å². The maximum atomic E-state index is 14.4. The number of ketones is 1. The van der Waals surface area contributed by atoms with Crippen LogP contribution in [-0.4, -0.2) is 46.3 Å². The molecular weight excluding hydrogens is 447 g/mol. The second-order valence-corrected chi connectivity index (χ2v) is 9.26. The number of nitrogens with one attached hydrogen (secondary N) is 1. The first-order chi connectivity index (χ1) is 16.9. The highest BCUT2D eigenvalue weighted by molar-refractivity contribution is 5.94. The molecule has 2 aromatic heterocycles. The third kappa shape index (κ3) is 4.65. The molecule has 182 valence electrons. The van der Waals surface area contributed by atoms with Gasteiger partial charge in [-0.25, -0.2) is 9.37 Å². The Hall–Kier alpha value is -3.68. The van der Waals surface area contributed by atoms with Gasteiger partial charge in [0.25, 0.3) is 5.91 Å². The number of rotatable bonds is 7. The number of anilines is 1. The molecule has 0 bridgehead atoms. The predicted octanol–water partition coefficient (Wildman–Crippen LogP) is 4.16. The van der Waals surface area contributed by atoms with Crippen molar-refractivity contribution in [1.29, 1.82) is 0 Å². The summed E-state index contributed by atoms with van der Waals surface area (Å²) in [7, 11) is 1.40. The normalized spacial score (nSPS) is 15.7. The van der Waals surface area contributed by atoms with Crippen molar-refractivity contribution in [3.63, 3.8) is 0 Å². The van der Waals surface area contributed by atoms with Crippen LogP contribution in [0.25, 0.3) is 0 Å². The van der Waals surface area contributed by atoms with Gasteiger partial charge in [-0.15, -0.1) is 0 Å². The average molecular weight is 477 g/mol. The highest BCUT2D eigenvalue weighted by Crippen LogP contribution is 2.32. The molecule has 1 aromatic carbocycles. The van der Waals surface area contributed by atoms with E-state index in [2.05, 4.69) is 17.4 Å². The van der Waals surface area contributed by atoms with Crippen molar-refractivity contribution < 1.29 is 18.7 Å². The van der Waals surface area contributed by atoms with Crippen molar-refractivity contribution in [2.75, 3.05) is 25.5 Å². The van der Waals surface area contributed by atoms with E-state index in [4.69, 9.17) is 9.72 Å². The summed E-state index contributed by atoms with van der Waals surface area (Å²) in [5, 5.41) is 3.37. The van der Waals surface area contributed by atoms with Gasteiger partial charge in [0.15, 0.2) is 11.6 Å². The van der Waals surface area contributed by atoms with Crippen LogP contribution in [0.1, 0.15) is 58.7 Å². The van der Waals surface area contributed by atoms with Crippen molar-refractivity contribution in [1.82, 2.24) is 14.5 Å². The van der Waals surface area contributed by atoms with Crippen LogP contribution >= 0.6 is 0 Å². The molecule has 5 rings (SSSR count). The minimum atomic E-state index is -0.541. The second kappa shape index (κ2) is 9.52. The lowest BCUT2D eigenvalue weighted by Gasteiger charge is -2.35. The zero-order chi connectivity index (χ0) is 24.5. The van der Waals surface area contributed by atoms with Crippen molar-refractivity contribution in [2.24, 2.45) is 0 Å². The van der Waals surface area contributed by atoms with Crippen molar-refractivity contribution in [3.05, 3.63) is 76.5 Å². The highest BCUT2D eigenvalue weighted by atomic mass is 19.1. The molecule has 2 aliphatic heterocycles. The SMILES string of the molecule is COc1ccc([C@H](CC(C)=O)N2CCn3cc(Cc4ccc5c(n4)NCCC5)cc3C2=O)cc1F. The number of hydrogen-bond donors (Lipinski definition) is 1. The minimum absolute atomic E-state index is 0.0623. The second-order valence-electron chi connectivity index (χ2n) is 9.26. The third-order valence-corrected chi connectivity index (χ3v) is 6.77. The average Bonchev–Trinajstić information content (AvgIpc) is 3.26. The molecule has 0 radical (unpaired) electrons. The smallest absolute Gasteiger partial charge is 0.271 e. The van der Waals surface area contributed by atoms with E-state index in [9.17, 15) is 14.0 Å². The van der Waals surface area contributed by atoms with Gasteiger partial charge >= 0.3 is 0 Å². The van der Waals surface area contributed by atoms with Crippen LogP contribution in [0.15, 0.2) is 42.6 Å². The van der Waals surface area contributed by atoms with Crippen molar-refractivity contribution in [3.8, 4) is 5.75 Å². The summed E-state index contributed by atoms with van der Waals surface area (Å²) in [5.74, 6) is 0.349. The fraction of sp³-hybridized carbons (Fsp3) is 0.370. The van der Waals surface area contributed by atoms with Gasteiger partial charge in [0, 0.05) is 44.4 Å². The van der Waals surface area contributed by atoms with Crippen LogP contribution in [0.5, 0.6) is 5.75 Å². The summed E-state index contributed by atoms with van der Waals surface area (Å²) in [5.41, 5.74) is 4.36. The summed E-state index contributed by atoms with van der Waals surface area (Å²) in [6, 6.07) is 10.2. The zero-order valence-electron chi connectivity index (χ0n) is 20.0. The molecule has 35 heavy (non-hydrogen) atoms. The van der Waals surface area contributed by atoms with Crippen LogP contribution in [0, 0.1) is 5.82 Å². The molecule has 0 fully saturated rings. The van der Waals surface area contributed by atoms with Crippen LogP contribution in [0.2, 0.25) is 0 Å². The molecule has 1 amide bonds. The van der Waals surface area contributed by atoms with E-state index in [1.807, 2.05) is 16.8 Å². The lowest BCUT2D eigenvalue weighted by Crippen LogP contribution is -2.42. The molecule has 0 spiro atoms. The Morgan fingerprint density at radius 1 is 1.23 bits per heavy atom. The van der Waals surface area contributed by atoms with E-state index >= 15 is 0 Å². The van der Waals surface area contributed by atoms with E-state index in [1.165, 1.54) is 31.7 Å². The Balaban J connectivity index is 1.39. The monoisotopic (exact) mass is 476 g/mol. The van der Waals surface area contributed by atoms with Gasteiger partial charge in [-0.2, -0.15) is 0 Å². The Labute approximate surface area is 203 Å². The summed E-state index contributed by atoms with van der Waals surface area (Å²) in [6.45, 7) is 3.47. The maximum absolute atomic E-state index is 14.4. The van der Waals surface area contributed by atoms with Gasteiger partial charge in [0.2, 0.25) is 0 Å². The molecule has 0 aliphatic carbocycles. The number of carbonyl (C=O) groups is 2. The molecule has 1 N–H and O–H groups in total. The Kier molecular flexibility index (Phi) is 6.28.